The Kier molecular flexibility index (Phi) is 9.61. The highest BCUT2D eigenvalue weighted by Crippen LogP contribution is 2.13. The first-order valence-corrected chi connectivity index (χ1v) is 8.93. The Morgan fingerprint density at radius 2 is 2.21 bits per heavy atom. The number of guanidine groups is 1. The van der Waals surface area contributed by atoms with Gasteiger partial charge in [0.2, 0.25) is 0 Å². The van der Waals surface area contributed by atoms with Crippen LogP contribution in [-0.4, -0.2) is 36.0 Å². The van der Waals surface area contributed by atoms with E-state index in [1.807, 2.05) is 31.4 Å². The largest absolute Gasteiger partial charge is 0.357 e. The van der Waals surface area contributed by atoms with Crippen LogP contribution in [0.2, 0.25) is 5.02 Å². The molecule has 132 valence electrons. The maximum absolute atomic E-state index is 6.05. The van der Waals surface area contributed by atoms with E-state index in [4.69, 9.17) is 16.6 Å². The van der Waals surface area contributed by atoms with Crippen molar-refractivity contribution in [1.29, 1.82) is 0 Å². The maximum atomic E-state index is 6.05. The average Bonchev–Trinajstić information content (AvgIpc) is 2.92. The number of nitrogens with zero attached hydrogens (tertiary/aromatic N) is 3. The molecule has 0 atom stereocenters. The van der Waals surface area contributed by atoms with Crippen LogP contribution in [0.5, 0.6) is 0 Å². The SMILES string of the molecule is CCNC(=NCCc1ncc(C)s1)N(C)Cc1cccc(Cl)c1.I. The van der Waals surface area contributed by atoms with Crippen molar-refractivity contribution in [2.24, 2.45) is 4.99 Å². The summed E-state index contributed by atoms with van der Waals surface area (Å²) in [6.07, 6.45) is 2.79. The van der Waals surface area contributed by atoms with Crippen LogP contribution in [0.3, 0.4) is 0 Å². The van der Waals surface area contributed by atoms with Gasteiger partial charge in [0.1, 0.15) is 0 Å². The van der Waals surface area contributed by atoms with Gasteiger partial charge < -0.3 is 10.2 Å². The van der Waals surface area contributed by atoms with Crippen LogP contribution in [0.15, 0.2) is 35.5 Å². The van der Waals surface area contributed by atoms with Crippen molar-refractivity contribution in [2.75, 3.05) is 20.1 Å². The summed E-state index contributed by atoms with van der Waals surface area (Å²) in [6, 6.07) is 7.92. The fraction of sp³-hybridized carbons (Fsp3) is 0.412. The second kappa shape index (κ2) is 10.9. The van der Waals surface area contributed by atoms with Gasteiger partial charge in [0, 0.05) is 49.2 Å². The number of rotatable bonds is 6. The Balaban J connectivity index is 0.00000288. The minimum absolute atomic E-state index is 0. The topological polar surface area (TPSA) is 40.5 Å². The predicted octanol–water partition coefficient (Wildman–Crippen LogP) is 4.36. The van der Waals surface area contributed by atoms with Gasteiger partial charge in [-0.15, -0.1) is 35.3 Å². The summed E-state index contributed by atoms with van der Waals surface area (Å²) < 4.78 is 0. The number of aryl methyl sites for hydroxylation is 1. The zero-order chi connectivity index (χ0) is 16.7. The quantitative estimate of drug-likeness (QED) is 0.381. The van der Waals surface area contributed by atoms with Gasteiger partial charge in [-0.2, -0.15) is 0 Å². The van der Waals surface area contributed by atoms with Crippen LogP contribution in [0.1, 0.15) is 22.4 Å². The van der Waals surface area contributed by atoms with Gasteiger partial charge in [-0.3, -0.25) is 4.99 Å². The van der Waals surface area contributed by atoms with Crippen LogP contribution in [0.4, 0.5) is 0 Å². The van der Waals surface area contributed by atoms with Gasteiger partial charge in [-0.25, -0.2) is 4.98 Å². The molecule has 1 heterocycles. The van der Waals surface area contributed by atoms with E-state index >= 15 is 0 Å². The molecule has 2 aromatic rings. The van der Waals surface area contributed by atoms with E-state index in [1.54, 1.807) is 11.3 Å². The van der Waals surface area contributed by atoms with Crippen LogP contribution < -0.4 is 5.32 Å². The molecule has 0 unspecified atom stereocenters. The molecule has 2 rings (SSSR count). The molecule has 24 heavy (non-hydrogen) atoms. The van der Waals surface area contributed by atoms with Gasteiger partial charge in [-0.1, -0.05) is 23.7 Å². The third kappa shape index (κ3) is 6.94. The number of hydrogen-bond acceptors (Lipinski definition) is 3. The summed E-state index contributed by atoms with van der Waals surface area (Å²) in [4.78, 5) is 12.4. The standard InChI is InChI=1S/C17H23ClN4S.HI/c1-4-19-17(20-9-8-16-21-11-13(2)23-16)22(3)12-14-6-5-7-15(18)10-14;/h5-7,10-11H,4,8-9,12H2,1-3H3,(H,19,20);1H. The van der Waals surface area contributed by atoms with E-state index in [-0.39, 0.29) is 24.0 Å². The van der Waals surface area contributed by atoms with E-state index in [0.29, 0.717) is 0 Å². The Morgan fingerprint density at radius 1 is 1.42 bits per heavy atom. The van der Waals surface area contributed by atoms with Crippen molar-refractivity contribution in [2.45, 2.75) is 26.8 Å². The highest BCUT2D eigenvalue weighted by Gasteiger charge is 2.07. The smallest absolute Gasteiger partial charge is 0.193 e. The summed E-state index contributed by atoms with van der Waals surface area (Å²) in [5, 5.41) is 5.23. The Hall–Kier alpha value is -0.860. The van der Waals surface area contributed by atoms with Crippen LogP contribution >= 0.6 is 46.9 Å². The second-order valence-electron chi connectivity index (χ2n) is 5.34. The van der Waals surface area contributed by atoms with Gasteiger partial charge in [0.15, 0.2) is 5.96 Å². The molecular formula is C17H24ClIN4S. The van der Waals surface area contributed by atoms with E-state index in [2.05, 4.69) is 35.1 Å². The first-order valence-electron chi connectivity index (χ1n) is 7.73. The van der Waals surface area contributed by atoms with Crippen LogP contribution in [0.25, 0.3) is 0 Å². The first-order chi connectivity index (χ1) is 11.1. The maximum Gasteiger partial charge on any atom is 0.193 e. The molecule has 0 saturated heterocycles. The molecule has 0 aliphatic heterocycles. The lowest BCUT2D eigenvalue weighted by Gasteiger charge is -2.22. The molecule has 0 radical (unpaired) electrons. The number of nitrogens with one attached hydrogen (secondary N) is 1. The van der Waals surface area contributed by atoms with E-state index in [0.717, 1.165) is 42.0 Å². The number of hydrogen-bond donors (Lipinski definition) is 1. The average molecular weight is 479 g/mol. The molecule has 0 saturated carbocycles. The first kappa shape index (κ1) is 21.2. The number of aromatic nitrogens is 1. The van der Waals surface area contributed by atoms with E-state index in [9.17, 15) is 0 Å². The fourth-order valence-electron chi connectivity index (χ4n) is 2.23. The van der Waals surface area contributed by atoms with E-state index < -0.39 is 0 Å². The molecule has 0 bridgehead atoms. The zero-order valence-electron chi connectivity index (χ0n) is 14.3. The summed E-state index contributed by atoms with van der Waals surface area (Å²) in [7, 11) is 2.04. The van der Waals surface area contributed by atoms with Crippen molar-refractivity contribution < 1.29 is 0 Å². The second-order valence-corrected chi connectivity index (χ2v) is 7.09. The summed E-state index contributed by atoms with van der Waals surface area (Å²) in [6.45, 7) is 6.49. The molecule has 0 aliphatic carbocycles. The van der Waals surface area contributed by atoms with Gasteiger partial charge in [-0.05, 0) is 31.5 Å². The highest BCUT2D eigenvalue weighted by molar-refractivity contribution is 14.0. The molecular weight excluding hydrogens is 455 g/mol. The van der Waals surface area contributed by atoms with Crippen LogP contribution in [0, 0.1) is 6.92 Å². The lowest BCUT2D eigenvalue weighted by Crippen LogP contribution is -2.38. The highest BCUT2D eigenvalue weighted by atomic mass is 127. The molecule has 0 amide bonds. The Bertz CT molecular complexity index is 660. The van der Waals surface area contributed by atoms with E-state index in [1.165, 1.54) is 10.4 Å². The van der Waals surface area contributed by atoms with Crippen LogP contribution in [-0.2, 0) is 13.0 Å². The van der Waals surface area contributed by atoms with Gasteiger partial charge >= 0.3 is 0 Å². The molecule has 0 aliphatic rings. The third-order valence-corrected chi connectivity index (χ3v) is 4.47. The van der Waals surface area contributed by atoms with Crippen molar-refractivity contribution in [1.82, 2.24) is 15.2 Å². The minimum Gasteiger partial charge on any atom is -0.357 e. The number of thiazole rings is 1. The van der Waals surface area contributed by atoms with Gasteiger partial charge in [0.05, 0.1) is 5.01 Å². The number of benzene rings is 1. The minimum atomic E-state index is 0. The van der Waals surface area contributed by atoms with Gasteiger partial charge in [0.25, 0.3) is 0 Å². The number of aliphatic imine (C=N–C) groups is 1. The lowest BCUT2D eigenvalue weighted by molar-refractivity contribution is 0.477. The molecule has 1 aromatic carbocycles. The molecule has 0 fully saturated rings. The predicted molar refractivity (Wildman–Crippen MR) is 115 cm³/mol. The number of halogens is 2. The van der Waals surface area contributed by atoms with Crippen molar-refractivity contribution in [3.63, 3.8) is 0 Å². The lowest BCUT2D eigenvalue weighted by atomic mass is 10.2. The normalized spacial score (nSPS) is 11.1. The summed E-state index contributed by atoms with van der Waals surface area (Å²) >= 11 is 7.79. The molecule has 1 N–H and O–H groups in total. The van der Waals surface area contributed by atoms with Crippen molar-refractivity contribution >= 4 is 52.9 Å². The fourth-order valence-corrected chi connectivity index (χ4v) is 3.22. The zero-order valence-corrected chi connectivity index (χ0v) is 18.2. The Labute approximate surface area is 170 Å². The molecule has 4 nitrogen and oxygen atoms in total. The Morgan fingerprint density at radius 3 is 2.83 bits per heavy atom. The molecule has 0 spiro atoms. The van der Waals surface area contributed by atoms with Crippen molar-refractivity contribution in [3.05, 3.63) is 50.9 Å². The summed E-state index contributed by atoms with van der Waals surface area (Å²) in [5.41, 5.74) is 1.17. The summed E-state index contributed by atoms with van der Waals surface area (Å²) in [5.74, 6) is 0.903. The monoisotopic (exact) mass is 478 g/mol. The molecule has 1 aromatic heterocycles. The molecule has 7 heteroatoms. The van der Waals surface area contributed by atoms with Crippen molar-refractivity contribution in [3.8, 4) is 0 Å². The third-order valence-electron chi connectivity index (χ3n) is 3.26.